The van der Waals surface area contributed by atoms with Crippen molar-refractivity contribution in [1.29, 1.82) is 0 Å². The number of carbonyl (C=O) groups excluding carboxylic acids is 11. The number of aliphatic hydroxyl groups is 1. The minimum atomic E-state index is -1.79. The molecular formula is C65H77ClN10O14S2. The van der Waals surface area contributed by atoms with Crippen LogP contribution in [0.2, 0.25) is 5.02 Å². The third kappa shape index (κ3) is 23.5. The summed E-state index contributed by atoms with van der Waals surface area (Å²) in [7, 11) is 3.61. The van der Waals surface area contributed by atoms with Gasteiger partial charge < -0.3 is 69.3 Å². The van der Waals surface area contributed by atoms with Gasteiger partial charge in [-0.1, -0.05) is 99.9 Å². The minimum Gasteiger partial charge on any atom is -0.508 e. The molecule has 0 aromatic heterocycles. The van der Waals surface area contributed by atoms with Crippen molar-refractivity contribution in [1.82, 2.24) is 42.5 Å². The van der Waals surface area contributed by atoms with Gasteiger partial charge in [0.15, 0.2) is 11.6 Å². The number of halogens is 1. The number of amides is 9. The Morgan fingerprint density at radius 2 is 1.23 bits per heavy atom. The highest BCUT2D eigenvalue weighted by molar-refractivity contribution is 8.76. The monoisotopic (exact) mass is 1320 g/mol. The molecule has 0 spiro atoms. The van der Waals surface area contributed by atoms with Crippen LogP contribution in [0, 0.1) is 11.8 Å². The van der Waals surface area contributed by atoms with E-state index in [1.807, 2.05) is 0 Å². The number of Topliss-reactive ketones (excluding diaryl/α,β-unsaturated/α-hetero) is 2. The predicted molar refractivity (Wildman–Crippen MR) is 348 cm³/mol. The van der Waals surface area contributed by atoms with Crippen LogP contribution in [-0.4, -0.2) is 154 Å². The summed E-state index contributed by atoms with van der Waals surface area (Å²) in [5, 5.41) is 53.3. The zero-order valence-corrected chi connectivity index (χ0v) is 53.1. The molecule has 1 aliphatic rings. The van der Waals surface area contributed by atoms with E-state index in [0.717, 1.165) is 21.6 Å². The van der Waals surface area contributed by atoms with Crippen LogP contribution in [0.5, 0.6) is 11.5 Å². The van der Waals surface area contributed by atoms with Crippen LogP contribution in [-0.2, 0) is 68.8 Å². The second kappa shape index (κ2) is 36.3. The Bertz CT molecular complexity index is 3370. The molecule has 0 aliphatic carbocycles. The zero-order chi connectivity index (χ0) is 66.9. The van der Waals surface area contributed by atoms with Crippen molar-refractivity contribution >= 4 is 97.9 Å². The Kier molecular flexibility index (Phi) is 28.5. The Morgan fingerprint density at radius 3 is 1.85 bits per heavy atom. The van der Waals surface area contributed by atoms with Crippen molar-refractivity contribution in [2.75, 3.05) is 31.6 Å². The van der Waals surface area contributed by atoms with Crippen molar-refractivity contribution < 1.29 is 68.1 Å². The summed E-state index contributed by atoms with van der Waals surface area (Å²) < 4.78 is 0. The van der Waals surface area contributed by atoms with Crippen LogP contribution >= 0.6 is 33.2 Å². The largest absolute Gasteiger partial charge is 0.508 e. The topological polar surface area (TPSA) is 397 Å². The van der Waals surface area contributed by atoms with Crippen LogP contribution in [0.25, 0.3) is 0 Å². The van der Waals surface area contributed by atoms with Crippen LogP contribution in [0.1, 0.15) is 82.0 Å². The average Bonchev–Trinajstić information content (AvgIpc) is 1.12. The van der Waals surface area contributed by atoms with E-state index in [2.05, 4.69) is 42.5 Å². The molecule has 1 aliphatic heterocycles. The summed E-state index contributed by atoms with van der Waals surface area (Å²) in [5.41, 5.74) is 13.7. The first-order valence-electron chi connectivity index (χ1n) is 29.7. The van der Waals surface area contributed by atoms with Crippen molar-refractivity contribution in [2.45, 2.75) is 107 Å². The van der Waals surface area contributed by atoms with E-state index in [0.29, 0.717) is 52.2 Å². The summed E-state index contributed by atoms with van der Waals surface area (Å²) in [5.74, 6) is -12.2. The molecule has 0 bridgehead atoms. The van der Waals surface area contributed by atoms with Crippen LogP contribution in [0.3, 0.4) is 0 Å². The number of hydrogen-bond acceptors (Lipinski definition) is 17. The third-order valence-electron chi connectivity index (χ3n) is 15.1. The molecule has 1 fully saturated rings. The Labute approximate surface area is 545 Å². The van der Waals surface area contributed by atoms with E-state index in [4.69, 9.17) is 23.1 Å². The van der Waals surface area contributed by atoms with Crippen molar-refractivity contribution in [3.8, 4) is 11.5 Å². The Hall–Kier alpha value is -8.82. The fourth-order valence-corrected chi connectivity index (χ4v) is 12.4. The molecule has 92 heavy (non-hydrogen) atoms. The first-order valence-corrected chi connectivity index (χ1v) is 32.6. The molecule has 0 saturated carbocycles. The molecule has 9 amide bonds. The van der Waals surface area contributed by atoms with E-state index >= 15 is 9.59 Å². The van der Waals surface area contributed by atoms with Gasteiger partial charge in [0.1, 0.15) is 41.7 Å². The molecule has 490 valence electrons. The quantitative estimate of drug-likeness (QED) is 0.0294. The lowest BCUT2D eigenvalue weighted by Crippen LogP contribution is -2.62. The van der Waals surface area contributed by atoms with E-state index in [-0.39, 0.29) is 60.7 Å². The number of rotatable bonds is 25. The van der Waals surface area contributed by atoms with Gasteiger partial charge in [0, 0.05) is 65.2 Å². The molecule has 1 saturated heterocycles. The average molecular weight is 1320 g/mol. The number of phenols is 2. The highest BCUT2D eigenvalue weighted by Crippen LogP contribution is 2.27. The molecule has 24 nitrogen and oxygen atoms in total. The SMILES string of the molecule is CNCCCC[C@@H]1NC(=O)[C@@H](Cc2ccc(C(N)=O)cc2)NC(=O)[C@H](Cc2ccc(O)cc2)CC(=O)[C@H](NC(=O)[C@@H](CC(=O)CNC(=O)c2ccccc2)Cc2ccc(Cl)cc2)CSSC[C@@H](C(=O)N[C@H](Cc2ccc(O)cc2)C(N)=O)NC(=O)[C@H]([C@@H](C)O)NC1=O. The molecule has 9 atom stereocenters. The minimum absolute atomic E-state index is 0.0273. The van der Waals surface area contributed by atoms with Gasteiger partial charge in [-0.05, 0) is 136 Å². The van der Waals surface area contributed by atoms with E-state index < -0.39 is 138 Å². The van der Waals surface area contributed by atoms with Gasteiger partial charge in [0.2, 0.25) is 47.3 Å². The summed E-state index contributed by atoms with van der Waals surface area (Å²) in [4.78, 5) is 155. The van der Waals surface area contributed by atoms with E-state index in [9.17, 15) is 58.5 Å². The van der Waals surface area contributed by atoms with E-state index in [1.165, 1.54) is 79.7 Å². The maximum Gasteiger partial charge on any atom is 0.251 e. The molecule has 0 radical (unpaired) electrons. The first kappa shape index (κ1) is 72.2. The molecule has 27 heteroatoms. The Balaban J connectivity index is 1.42. The summed E-state index contributed by atoms with van der Waals surface area (Å²) in [6.07, 6.45) is -2.48. The normalized spacial score (nSPS) is 19.7. The molecule has 0 unspecified atom stereocenters. The lowest BCUT2D eigenvalue weighted by molar-refractivity contribution is -0.137. The molecule has 6 rings (SSSR count). The second-order valence-electron chi connectivity index (χ2n) is 22.3. The molecule has 5 aromatic carbocycles. The maximum atomic E-state index is 15.2. The molecule has 1 heterocycles. The van der Waals surface area contributed by atoms with Gasteiger partial charge in [-0.2, -0.15) is 0 Å². The number of benzene rings is 5. The predicted octanol–water partition coefficient (Wildman–Crippen LogP) is 2.26. The number of carbonyl (C=O) groups is 11. The number of aliphatic hydroxyl groups excluding tert-OH is 1. The maximum absolute atomic E-state index is 15.2. The van der Waals surface area contributed by atoms with Gasteiger partial charge in [-0.15, -0.1) is 0 Å². The van der Waals surface area contributed by atoms with Crippen molar-refractivity contribution in [3.05, 3.63) is 166 Å². The van der Waals surface area contributed by atoms with Gasteiger partial charge in [0.25, 0.3) is 5.91 Å². The fraction of sp³-hybridized carbons (Fsp3) is 0.369. The molecular weight excluding hydrogens is 1240 g/mol. The number of unbranched alkanes of at least 4 members (excludes halogenated alkanes) is 1. The fourth-order valence-electron chi connectivity index (χ4n) is 9.87. The van der Waals surface area contributed by atoms with Crippen LogP contribution < -0.4 is 54.0 Å². The number of hydrogen-bond donors (Lipinski definition) is 13. The number of nitrogens with one attached hydrogen (secondary N) is 8. The standard InChI is InChI=1S/C65H77ClN10O14S2/c1-37(77)56-65(90)75-54(64(89)72-51(58(68)83)30-41-17-25-48(79)26-18-41)36-92-91-35-53(74-60(85)44(28-38-13-21-46(66)22-14-38)32-49(80)34-70-59(84)43-8-4-3-5-9-43)55(81)33-45(29-39-15-23-47(78)24-16-39)61(86)73-52(31-40-11-19-42(20-12-40)57(67)82)63(88)71-50(62(87)76-56)10-6-7-27-69-2/h3-5,8-9,11-26,37,44-45,50-54,56,69,77-79H,6-7,10,27-36H2,1-2H3,(H2,67,82)(H2,68,83)(H,70,84)(H,71,88)(H,72,89)(H,73,86)(H,74,85)(H,75,90)(H,76,87)/t37-,44-,45-,50+,51-,52-,53-,54+,56+/m1/s1. The number of phenolic OH excluding ortho intramolecular Hbond substituents is 2. The number of ketones is 2. The van der Waals surface area contributed by atoms with Crippen molar-refractivity contribution in [2.24, 2.45) is 23.3 Å². The molecule has 5 aromatic rings. The lowest BCUT2D eigenvalue weighted by atomic mass is 9.90. The lowest BCUT2D eigenvalue weighted by Gasteiger charge is -2.29. The highest BCUT2D eigenvalue weighted by Gasteiger charge is 2.37. The second-order valence-corrected chi connectivity index (χ2v) is 25.3. The van der Waals surface area contributed by atoms with Crippen LogP contribution in [0.15, 0.2) is 127 Å². The summed E-state index contributed by atoms with van der Waals surface area (Å²) >= 11 is 6.22. The van der Waals surface area contributed by atoms with Gasteiger partial charge in [-0.3, -0.25) is 52.7 Å². The number of primary amides is 2. The summed E-state index contributed by atoms with van der Waals surface area (Å²) in [6.45, 7) is 1.26. The third-order valence-corrected chi connectivity index (χ3v) is 17.7. The highest BCUT2D eigenvalue weighted by atomic mass is 35.5. The number of nitrogens with two attached hydrogens (primary N) is 2. The smallest absolute Gasteiger partial charge is 0.251 e. The van der Waals surface area contributed by atoms with Gasteiger partial charge in [0.05, 0.1) is 18.7 Å². The first-order chi connectivity index (χ1) is 44.0. The Morgan fingerprint density at radius 1 is 0.652 bits per heavy atom. The van der Waals surface area contributed by atoms with Crippen LogP contribution in [0.4, 0.5) is 0 Å². The van der Waals surface area contributed by atoms with E-state index in [1.54, 1.807) is 61.6 Å². The zero-order valence-electron chi connectivity index (χ0n) is 50.7. The van der Waals surface area contributed by atoms with Gasteiger partial charge >= 0.3 is 0 Å². The van der Waals surface area contributed by atoms with Gasteiger partial charge in [-0.25, -0.2) is 0 Å². The summed E-state index contributed by atoms with van der Waals surface area (Å²) in [6, 6.07) is 22.9. The van der Waals surface area contributed by atoms with Crippen molar-refractivity contribution in [3.63, 3.8) is 0 Å². The number of aromatic hydroxyl groups is 2. The molecule has 15 N–H and O–H groups in total.